The van der Waals surface area contributed by atoms with E-state index in [1.54, 1.807) is 48.5 Å². The minimum absolute atomic E-state index is 0.118. The molecule has 4 aromatic rings. The SMILES string of the molecule is CCc1ccc(S(=O)(=O)c2nnn(-c3ccc(N)cc3)c2-c2ccc(F)cc2)cc1. The first-order chi connectivity index (χ1) is 14.4. The Balaban J connectivity index is 1.93. The van der Waals surface area contributed by atoms with Crippen LogP contribution in [0.25, 0.3) is 16.9 Å². The molecule has 0 aliphatic rings. The lowest BCUT2D eigenvalue weighted by atomic mass is 10.1. The zero-order valence-corrected chi connectivity index (χ0v) is 17.0. The second-order valence-corrected chi connectivity index (χ2v) is 8.62. The van der Waals surface area contributed by atoms with Crippen molar-refractivity contribution in [1.29, 1.82) is 0 Å². The Hall–Kier alpha value is -3.52. The van der Waals surface area contributed by atoms with Gasteiger partial charge in [-0.1, -0.05) is 24.3 Å². The van der Waals surface area contributed by atoms with Crippen LogP contribution in [0.5, 0.6) is 0 Å². The summed E-state index contributed by atoms with van der Waals surface area (Å²) in [4.78, 5) is 0.118. The summed E-state index contributed by atoms with van der Waals surface area (Å²) in [6.45, 7) is 1.99. The Morgan fingerprint density at radius 1 is 0.933 bits per heavy atom. The lowest BCUT2D eigenvalue weighted by molar-refractivity contribution is 0.592. The number of nitrogen functional groups attached to an aromatic ring is 1. The average Bonchev–Trinajstić information content (AvgIpc) is 3.21. The molecule has 0 amide bonds. The van der Waals surface area contributed by atoms with E-state index in [4.69, 9.17) is 5.73 Å². The molecule has 30 heavy (non-hydrogen) atoms. The summed E-state index contributed by atoms with van der Waals surface area (Å²) in [5.41, 5.74) is 8.65. The normalized spacial score (nSPS) is 11.5. The third kappa shape index (κ3) is 3.57. The number of nitrogens with two attached hydrogens (primary N) is 1. The van der Waals surface area contributed by atoms with Crippen LogP contribution in [0.2, 0.25) is 0 Å². The number of aryl methyl sites for hydroxylation is 1. The molecule has 0 bridgehead atoms. The van der Waals surface area contributed by atoms with Gasteiger partial charge in [0.05, 0.1) is 10.6 Å². The molecule has 0 aliphatic carbocycles. The van der Waals surface area contributed by atoms with Gasteiger partial charge in [0.15, 0.2) is 0 Å². The second kappa shape index (κ2) is 7.72. The molecule has 0 unspecified atom stereocenters. The predicted molar refractivity (Wildman–Crippen MR) is 112 cm³/mol. The first-order valence-corrected chi connectivity index (χ1v) is 10.8. The third-order valence-corrected chi connectivity index (χ3v) is 6.47. The van der Waals surface area contributed by atoms with E-state index in [1.165, 1.54) is 28.9 Å². The standard InChI is InChI=1S/C22H19FN4O2S/c1-2-15-3-13-20(14-4-15)30(28,29)22-21(16-5-7-17(23)8-6-16)27(26-25-22)19-11-9-18(24)10-12-19/h3-14H,2,24H2,1H3. The summed E-state index contributed by atoms with van der Waals surface area (Å²) in [6.07, 6.45) is 0.800. The van der Waals surface area contributed by atoms with E-state index in [0.717, 1.165) is 12.0 Å². The maximum atomic E-state index is 13.5. The maximum absolute atomic E-state index is 13.5. The molecule has 1 aromatic heterocycles. The van der Waals surface area contributed by atoms with Crippen LogP contribution in [0.3, 0.4) is 0 Å². The van der Waals surface area contributed by atoms with Crippen LogP contribution in [-0.2, 0) is 16.3 Å². The van der Waals surface area contributed by atoms with E-state index >= 15 is 0 Å². The molecule has 152 valence electrons. The number of halogens is 1. The summed E-state index contributed by atoms with van der Waals surface area (Å²) in [5.74, 6) is -0.426. The van der Waals surface area contributed by atoms with Gasteiger partial charge in [-0.2, -0.15) is 0 Å². The molecule has 3 aromatic carbocycles. The largest absolute Gasteiger partial charge is 0.399 e. The van der Waals surface area contributed by atoms with Crippen molar-refractivity contribution in [3.63, 3.8) is 0 Å². The number of nitrogens with zero attached hydrogens (tertiary/aromatic N) is 3. The van der Waals surface area contributed by atoms with Crippen molar-refractivity contribution in [2.75, 3.05) is 5.73 Å². The van der Waals surface area contributed by atoms with Crippen LogP contribution >= 0.6 is 0 Å². The number of hydrogen-bond donors (Lipinski definition) is 1. The van der Waals surface area contributed by atoms with Crippen molar-refractivity contribution in [3.8, 4) is 16.9 Å². The smallest absolute Gasteiger partial charge is 0.227 e. The van der Waals surface area contributed by atoms with E-state index in [0.29, 0.717) is 16.9 Å². The fourth-order valence-corrected chi connectivity index (χ4v) is 4.44. The van der Waals surface area contributed by atoms with Crippen molar-refractivity contribution < 1.29 is 12.8 Å². The Bertz CT molecular complexity index is 1280. The zero-order valence-electron chi connectivity index (χ0n) is 16.2. The topological polar surface area (TPSA) is 90.9 Å². The highest BCUT2D eigenvalue weighted by Gasteiger charge is 2.29. The molecular formula is C22H19FN4O2S. The highest BCUT2D eigenvalue weighted by atomic mass is 32.2. The third-order valence-electron chi connectivity index (χ3n) is 4.79. The maximum Gasteiger partial charge on any atom is 0.227 e. The van der Waals surface area contributed by atoms with Crippen molar-refractivity contribution in [2.24, 2.45) is 0 Å². The van der Waals surface area contributed by atoms with E-state index in [-0.39, 0.29) is 15.6 Å². The van der Waals surface area contributed by atoms with Gasteiger partial charge in [0, 0.05) is 11.3 Å². The fraction of sp³-hybridized carbons (Fsp3) is 0.0909. The lowest BCUT2D eigenvalue weighted by Crippen LogP contribution is -2.06. The molecule has 0 radical (unpaired) electrons. The van der Waals surface area contributed by atoms with Gasteiger partial charge in [0.25, 0.3) is 0 Å². The highest BCUT2D eigenvalue weighted by Crippen LogP contribution is 2.32. The molecule has 0 aliphatic heterocycles. The summed E-state index contributed by atoms with van der Waals surface area (Å²) in [7, 11) is -3.96. The zero-order chi connectivity index (χ0) is 21.3. The van der Waals surface area contributed by atoms with Crippen LogP contribution in [0, 0.1) is 5.82 Å². The van der Waals surface area contributed by atoms with Gasteiger partial charge in [0.1, 0.15) is 11.5 Å². The number of rotatable bonds is 5. The Kier molecular flexibility index (Phi) is 5.09. The summed E-state index contributed by atoms with van der Waals surface area (Å²) in [6, 6.07) is 19.0. The van der Waals surface area contributed by atoms with Crippen LogP contribution in [0.1, 0.15) is 12.5 Å². The van der Waals surface area contributed by atoms with Crippen LogP contribution in [0.15, 0.2) is 82.7 Å². The first kappa shape index (κ1) is 19.8. The molecule has 0 fully saturated rings. The number of aromatic nitrogens is 3. The van der Waals surface area contributed by atoms with Crippen molar-refractivity contribution >= 4 is 15.5 Å². The van der Waals surface area contributed by atoms with Crippen molar-refractivity contribution in [1.82, 2.24) is 15.0 Å². The molecule has 0 atom stereocenters. The van der Waals surface area contributed by atoms with E-state index in [1.807, 2.05) is 6.92 Å². The van der Waals surface area contributed by atoms with Gasteiger partial charge in [0.2, 0.25) is 14.9 Å². The minimum Gasteiger partial charge on any atom is -0.399 e. The molecular weight excluding hydrogens is 403 g/mol. The quantitative estimate of drug-likeness (QED) is 0.490. The molecule has 4 rings (SSSR count). The molecule has 1 heterocycles. The predicted octanol–water partition coefficient (Wildman–Crippen LogP) is 4.05. The fourth-order valence-electron chi connectivity index (χ4n) is 3.11. The Morgan fingerprint density at radius 3 is 2.17 bits per heavy atom. The average molecular weight is 422 g/mol. The first-order valence-electron chi connectivity index (χ1n) is 9.31. The molecule has 6 nitrogen and oxygen atoms in total. The van der Waals surface area contributed by atoms with Gasteiger partial charge in [-0.25, -0.2) is 17.5 Å². The van der Waals surface area contributed by atoms with Gasteiger partial charge in [-0.15, -0.1) is 5.10 Å². The van der Waals surface area contributed by atoms with Gasteiger partial charge in [-0.05, 0) is 72.6 Å². The van der Waals surface area contributed by atoms with Gasteiger partial charge >= 0.3 is 0 Å². The lowest BCUT2D eigenvalue weighted by Gasteiger charge is -2.10. The summed E-state index contributed by atoms with van der Waals surface area (Å²) < 4.78 is 41.7. The number of benzene rings is 3. The van der Waals surface area contributed by atoms with Crippen LogP contribution in [0.4, 0.5) is 10.1 Å². The van der Waals surface area contributed by atoms with E-state index in [2.05, 4.69) is 10.3 Å². The minimum atomic E-state index is -3.96. The van der Waals surface area contributed by atoms with E-state index in [9.17, 15) is 12.8 Å². The summed E-state index contributed by atoms with van der Waals surface area (Å²) in [5, 5.41) is 7.90. The second-order valence-electron chi connectivity index (χ2n) is 6.75. The van der Waals surface area contributed by atoms with Crippen LogP contribution < -0.4 is 5.73 Å². The molecule has 0 saturated carbocycles. The highest BCUT2D eigenvalue weighted by molar-refractivity contribution is 7.91. The molecule has 0 spiro atoms. The number of hydrogen-bond acceptors (Lipinski definition) is 5. The number of anilines is 1. The summed E-state index contributed by atoms with van der Waals surface area (Å²) >= 11 is 0. The Morgan fingerprint density at radius 2 is 1.57 bits per heavy atom. The van der Waals surface area contributed by atoms with Crippen molar-refractivity contribution in [2.45, 2.75) is 23.3 Å². The number of sulfone groups is 1. The monoisotopic (exact) mass is 422 g/mol. The van der Waals surface area contributed by atoms with E-state index < -0.39 is 15.7 Å². The van der Waals surface area contributed by atoms with Gasteiger partial charge in [-0.3, -0.25) is 0 Å². The molecule has 2 N–H and O–H groups in total. The van der Waals surface area contributed by atoms with Crippen molar-refractivity contribution in [3.05, 3.63) is 84.2 Å². The van der Waals surface area contributed by atoms with Gasteiger partial charge < -0.3 is 5.73 Å². The molecule has 0 saturated heterocycles. The molecule has 8 heteroatoms. The Labute approximate surface area is 173 Å². The van der Waals surface area contributed by atoms with Crippen LogP contribution in [-0.4, -0.2) is 23.4 Å².